The minimum absolute atomic E-state index is 0.119. The first kappa shape index (κ1) is 14.7. The number of piperidine rings is 1. The molecule has 1 aliphatic rings. The van der Waals surface area contributed by atoms with Crippen molar-refractivity contribution in [1.29, 1.82) is 0 Å². The van der Waals surface area contributed by atoms with E-state index in [-0.39, 0.29) is 5.91 Å². The lowest BCUT2D eigenvalue weighted by Crippen LogP contribution is -2.46. The van der Waals surface area contributed by atoms with Crippen LogP contribution >= 0.6 is 0 Å². The summed E-state index contributed by atoms with van der Waals surface area (Å²) >= 11 is 0. The SMILES string of the molecule is CCN(c1ccc(C(=O)N(C)C)nn1)C1CCCNC1. The Balaban J connectivity index is 2.12. The van der Waals surface area contributed by atoms with Gasteiger partial charge in [-0.2, -0.15) is 0 Å². The molecular formula is C14H23N5O. The molecule has 1 amide bonds. The number of rotatable bonds is 4. The topological polar surface area (TPSA) is 61.4 Å². The molecule has 110 valence electrons. The highest BCUT2D eigenvalue weighted by molar-refractivity contribution is 5.91. The van der Waals surface area contributed by atoms with E-state index in [1.54, 1.807) is 20.2 Å². The Hall–Kier alpha value is -1.69. The predicted octanol–water partition coefficient (Wildman–Crippen LogP) is 0.757. The van der Waals surface area contributed by atoms with Gasteiger partial charge >= 0.3 is 0 Å². The van der Waals surface area contributed by atoms with E-state index in [1.807, 2.05) is 6.07 Å². The Kier molecular flexibility index (Phi) is 4.89. The maximum Gasteiger partial charge on any atom is 0.273 e. The number of likely N-dealkylation sites (N-methyl/N-ethyl adjacent to an activating group) is 1. The molecule has 6 nitrogen and oxygen atoms in total. The molecule has 0 spiro atoms. The third-order valence-corrected chi connectivity index (χ3v) is 3.62. The lowest BCUT2D eigenvalue weighted by molar-refractivity contribution is 0.0821. The fourth-order valence-corrected chi connectivity index (χ4v) is 2.53. The second kappa shape index (κ2) is 6.65. The summed E-state index contributed by atoms with van der Waals surface area (Å²) in [7, 11) is 3.42. The molecule has 0 bridgehead atoms. The van der Waals surface area contributed by atoms with Gasteiger partial charge in [-0.1, -0.05) is 0 Å². The number of aromatic nitrogens is 2. The van der Waals surface area contributed by atoms with Gasteiger partial charge in [-0.15, -0.1) is 10.2 Å². The highest BCUT2D eigenvalue weighted by Gasteiger charge is 2.21. The van der Waals surface area contributed by atoms with E-state index in [9.17, 15) is 4.79 Å². The zero-order chi connectivity index (χ0) is 14.5. The molecule has 6 heteroatoms. The smallest absolute Gasteiger partial charge is 0.273 e. The molecule has 1 N–H and O–H groups in total. The molecule has 2 rings (SSSR count). The lowest BCUT2D eigenvalue weighted by atomic mass is 10.1. The van der Waals surface area contributed by atoms with Crippen LogP contribution in [-0.4, -0.2) is 60.8 Å². The van der Waals surface area contributed by atoms with E-state index in [1.165, 1.54) is 17.7 Å². The minimum Gasteiger partial charge on any atom is -0.351 e. The molecule has 1 unspecified atom stereocenters. The third-order valence-electron chi connectivity index (χ3n) is 3.62. The summed E-state index contributed by atoms with van der Waals surface area (Å²) in [5.74, 6) is 0.725. The quantitative estimate of drug-likeness (QED) is 0.880. The van der Waals surface area contributed by atoms with Crippen LogP contribution in [0.15, 0.2) is 12.1 Å². The van der Waals surface area contributed by atoms with Gasteiger partial charge in [0.05, 0.1) is 0 Å². The van der Waals surface area contributed by atoms with Gasteiger partial charge in [0.15, 0.2) is 11.5 Å². The Morgan fingerprint density at radius 3 is 2.70 bits per heavy atom. The van der Waals surface area contributed by atoms with Gasteiger partial charge in [0, 0.05) is 33.2 Å². The minimum atomic E-state index is -0.119. The molecule has 1 atom stereocenters. The van der Waals surface area contributed by atoms with Gasteiger partial charge < -0.3 is 15.1 Å². The van der Waals surface area contributed by atoms with Gasteiger partial charge in [-0.05, 0) is 38.4 Å². The number of carbonyl (C=O) groups is 1. The normalized spacial score (nSPS) is 18.6. The van der Waals surface area contributed by atoms with E-state index < -0.39 is 0 Å². The van der Waals surface area contributed by atoms with Crippen molar-refractivity contribution in [3.8, 4) is 0 Å². The van der Waals surface area contributed by atoms with Crippen molar-refractivity contribution in [2.24, 2.45) is 0 Å². The van der Waals surface area contributed by atoms with Crippen molar-refractivity contribution in [2.75, 3.05) is 38.6 Å². The maximum absolute atomic E-state index is 11.8. The van der Waals surface area contributed by atoms with E-state index in [4.69, 9.17) is 0 Å². The largest absolute Gasteiger partial charge is 0.351 e. The van der Waals surface area contributed by atoms with Crippen molar-refractivity contribution in [3.05, 3.63) is 17.8 Å². The summed E-state index contributed by atoms with van der Waals surface area (Å²) < 4.78 is 0. The first-order chi connectivity index (χ1) is 9.63. The zero-order valence-electron chi connectivity index (χ0n) is 12.5. The summed E-state index contributed by atoms with van der Waals surface area (Å²) in [6, 6.07) is 4.10. The van der Waals surface area contributed by atoms with Crippen LogP contribution in [0.1, 0.15) is 30.3 Å². The number of carbonyl (C=O) groups excluding carboxylic acids is 1. The molecule has 0 radical (unpaired) electrons. The van der Waals surface area contributed by atoms with E-state index in [0.717, 1.165) is 25.5 Å². The Morgan fingerprint density at radius 1 is 1.40 bits per heavy atom. The fraction of sp³-hybridized carbons (Fsp3) is 0.643. The third kappa shape index (κ3) is 3.25. The molecule has 0 saturated carbocycles. The number of hydrogen-bond donors (Lipinski definition) is 1. The van der Waals surface area contributed by atoms with Gasteiger partial charge in [0.1, 0.15) is 0 Å². The summed E-state index contributed by atoms with van der Waals surface area (Å²) in [4.78, 5) is 15.6. The standard InChI is InChI=1S/C14H23N5O/c1-4-19(11-6-5-9-15-10-11)13-8-7-12(16-17-13)14(20)18(2)3/h7-8,11,15H,4-6,9-10H2,1-3H3. The van der Waals surface area contributed by atoms with Gasteiger partial charge in [-0.3, -0.25) is 4.79 Å². The van der Waals surface area contributed by atoms with E-state index >= 15 is 0 Å². The summed E-state index contributed by atoms with van der Waals surface area (Å²) in [6.45, 7) is 5.08. The van der Waals surface area contributed by atoms with Crippen LogP contribution in [0.4, 0.5) is 5.82 Å². The first-order valence-corrected chi connectivity index (χ1v) is 7.16. The summed E-state index contributed by atoms with van der Waals surface area (Å²) in [5.41, 5.74) is 0.386. The molecular weight excluding hydrogens is 254 g/mol. The van der Waals surface area contributed by atoms with Crippen LogP contribution in [0.5, 0.6) is 0 Å². The van der Waals surface area contributed by atoms with Crippen LogP contribution in [0, 0.1) is 0 Å². The zero-order valence-corrected chi connectivity index (χ0v) is 12.5. The van der Waals surface area contributed by atoms with Crippen molar-refractivity contribution in [2.45, 2.75) is 25.8 Å². The molecule has 1 saturated heterocycles. The molecule has 1 aromatic rings. The van der Waals surface area contributed by atoms with Crippen LogP contribution < -0.4 is 10.2 Å². The average Bonchev–Trinajstić information content (AvgIpc) is 2.49. The first-order valence-electron chi connectivity index (χ1n) is 7.16. The number of anilines is 1. The molecule has 2 heterocycles. The number of nitrogens with zero attached hydrogens (tertiary/aromatic N) is 4. The maximum atomic E-state index is 11.8. The van der Waals surface area contributed by atoms with Crippen molar-refractivity contribution in [3.63, 3.8) is 0 Å². The Labute approximate surface area is 120 Å². The van der Waals surface area contributed by atoms with Crippen LogP contribution in [-0.2, 0) is 0 Å². The van der Waals surface area contributed by atoms with Gasteiger partial charge in [0.25, 0.3) is 5.91 Å². The van der Waals surface area contributed by atoms with Crippen molar-refractivity contribution < 1.29 is 4.79 Å². The van der Waals surface area contributed by atoms with Crippen molar-refractivity contribution in [1.82, 2.24) is 20.4 Å². The van der Waals surface area contributed by atoms with Crippen molar-refractivity contribution >= 4 is 11.7 Å². The lowest BCUT2D eigenvalue weighted by Gasteiger charge is -2.34. The number of amides is 1. The predicted molar refractivity (Wildman–Crippen MR) is 79.0 cm³/mol. The van der Waals surface area contributed by atoms with Gasteiger partial charge in [-0.25, -0.2) is 0 Å². The second-order valence-electron chi connectivity index (χ2n) is 5.26. The molecule has 0 aliphatic carbocycles. The number of hydrogen-bond acceptors (Lipinski definition) is 5. The Bertz CT molecular complexity index is 439. The fourth-order valence-electron chi connectivity index (χ4n) is 2.53. The molecule has 1 aromatic heterocycles. The second-order valence-corrected chi connectivity index (χ2v) is 5.26. The van der Waals surface area contributed by atoms with E-state index in [0.29, 0.717) is 11.7 Å². The highest BCUT2D eigenvalue weighted by Crippen LogP contribution is 2.17. The van der Waals surface area contributed by atoms with Crippen LogP contribution in [0.3, 0.4) is 0 Å². The van der Waals surface area contributed by atoms with Gasteiger partial charge in [0.2, 0.25) is 0 Å². The molecule has 20 heavy (non-hydrogen) atoms. The molecule has 1 aliphatic heterocycles. The summed E-state index contributed by atoms with van der Waals surface area (Å²) in [5, 5.41) is 11.7. The average molecular weight is 277 g/mol. The highest BCUT2D eigenvalue weighted by atomic mass is 16.2. The van der Waals surface area contributed by atoms with E-state index in [2.05, 4.69) is 27.3 Å². The number of nitrogens with one attached hydrogen (secondary N) is 1. The van der Waals surface area contributed by atoms with Crippen LogP contribution in [0.2, 0.25) is 0 Å². The van der Waals surface area contributed by atoms with Crippen LogP contribution in [0.25, 0.3) is 0 Å². The molecule has 0 aromatic carbocycles. The monoisotopic (exact) mass is 277 g/mol. The molecule has 1 fully saturated rings. The summed E-state index contributed by atoms with van der Waals surface area (Å²) in [6.07, 6.45) is 2.35. The Morgan fingerprint density at radius 2 is 2.20 bits per heavy atom.